The van der Waals surface area contributed by atoms with Gasteiger partial charge in [-0.15, -0.1) is 0 Å². The number of rotatable bonds is 6. The number of sulfonamides is 1. The van der Waals surface area contributed by atoms with Crippen molar-refractivity contribution in [2.24, 2.45) is 0 Å². The molecule has 8 nitrogen and oxygen atoms in total. The zero-order valence-electron chi connectivity index (χ0n) is 18.7. The lowest BCUT2D eigenvalue weighted by Crippen LogP contribution is -2.32. The molecule has 1 N–H and O–H groups in total. The van der Waals surface area contributed by atoms with E-state index in [0.29, 0.717) is 37.4 Å². The van der Waals surface area contributed by atoms with E-state index < -0.39 is 15.9 Å². The van der Waals surface area contributed by atoms with Crippen molar-refractivity contribution in [2.45, 2.75) is 43.4 Å². The van der Waals surface area contributed by atoms with Crippen LogP contribution in [0.3, 0.4) is 0 Å². The van der Waals surface area contributed by atoms with Gasteiger partial charge in [-0.05, 0) is 49.6 Å². The van der Waals surface area contributed by atoms with Gasteiger partial charge in [0.1, 0.15) is 5.75 Å². The molecule has 0 aromatic heterocycles. The summed E-state index contributed by atoms with van der Waals surface area (Å²) in [6, 6.07) is 11.5. The first-order valence-electron chi connectivity index (χ1n) is 11.3. The van der Waals surface area contributed by atoms with E-state index in [-0.39, 0.29) is 22.1 Å². The molecule has 2 saturated heterocycles. The molecule has 0 radical (unpaired) electrons. The van der Waals surface area contributed by atoms with Gasteiger partial charge in [-0.25, -0.2) is 8.42 Å². The minimum Gasteiger partial charge on any atom is -0.496 e. The quantitative estimate of drug-likeness (QED) is 0.694. The molecule has 2 aliphatic heterocycles. The summed E-state index contributed by atoms with van der Waals surface area (Å²) in [7, 11) is -2.29. The second-order valence-corrected chi connectivity index (χ2v) is 10.2. The summed E-state index contributed by atoms with van der Waals surface area (Å²) in [6.45, 7) is 1.55. The number of nitrogens with one attached hydrogen (secondary N) is 1. The number of hydrogen-bond donors (Lipinski definition) is 1. The molecule has 0 bridgehead atoms. The summed E-state index contributed by atoms with van der Waals surface area (Å²) in [5.74, 6) is -0.212. The van der Waals surface area contributed by atoms with Gasteiger partial charge in [0.25, 0.3) is 5.91 Å². The highest BCUT2D eigenvalue weighted by Gasteiger charge is 2.28. The number of nitrogens with zero attached hydrogens (tertiary/aromatic N) is 2. The van der Waals surface area contributed by atoms with Crippen LogP contribution >= 0.6 is 0 Å². The minimum absolute atomic E-state index is 0.0137. The highest BCUT2D eigenvalue weighted by molar-refractivity contribution is 7.89. The molecular weight excluding hydrogens is 442 g/mol. The number of carbonyl (C=O) groups excluding carboxylic acids is 2. The Hall–Kier alpha value is -2.91. The molecule has 2 aromatic carbocycles. The van der Waals surface area contributed by atoms with Gasteiger partial charge in [-0.3, -0.25) is 9.59 Å². The molecule has 33 heavy (non-hydrogen) atoms. The fourth-order valence-electron chi connectivity index (χ4n) is 4.36. The number of hydrogen-bond acceptors (Lipinski definition) is 5. The Morgan fingerprint density at radius 1 is 0.970 bits per heavy atom. The van der Waals surface area contributed by atoms with Gasteiger partial charge in [-0.1, -0.05) is 25.0 Å². The number of anilines is 2. The summed E-state index contributed by atoms with van der Waals surface area (Å²) in [5.41, 5.74) is 1.23. The number of para-hydroxylation sites is 2. The Morgan fingerprint density at radius 2 is 1.70 bits per heavy atom. The number of amides is 2. The van der Waals surface area contributed by atoms with Crippen LogP contribution in [0.4, 0.5) is 11.4 Å². The normalized spacial score (nSPS) is 17.6. The van der Waals surface area contributed by atoms with E-state index in [1.807, 2.05) is 6.07 Å². The van der Waals surface area contributed by atoms with Crippen LogP contribution in [0.1, 0.15) is 48.9 Å². The number of methoxy groups -OCH3 is 1. The zero-order chi connectivity index (χ0) is 23.4. The summed E-state index contributed by atoms with van der Waals surface area (Å²) >= 11 is 0. The van der Waals surface area contributed by atoms with Crippen molar-refractivity contribution < 1.29 is 22.7 Å². The van der Waals surface area contributed by atoms with Crippen molar-refractivity contribution in [3.05, 3.63) is 48.0 Å². The molecule has 4 rings (SSSR count). The van der Waals surface area contributed by atoms with E-state index in [2.05, 4.69) is 5.32 Å². The van der Waals surface area contributed by atoms with E-state index in [1.54, 1.807) is 23.1 Å². The van der Waals surface area contributed by atoms with Crippen molar-refractivity contribution in [1.29, 1.82) is 0 Å². The Bertz CT molecular complexity index is 1140. The third kappa shape index (κ3) is 4.89. The Balaban J connectivity index is 1.64. The van der Waals surface area contributed by atoms with Crippen LogP contribution in [-0.2, 0) is 14.8 Å². The van der Waals surface area contributed by atoms with Crippen molar-refractivity contribution in [2.75, 3.05) is 37.0 Å². The SMILES string of the molecule is COc1ccc(S(=O)(=O)N2CCCCCC2)cc1C(=O)Nc1ccccc1N1CCCC1=O. The zero-order valence-corrected chi connectivity index (χ0v) is 19.6. The molecule has 2 aliphatic rings. The van der Waals surface area contributed by atoms with Crippen molar-refractivity contribution in [1.82, 2.24) is 4.31 Å². The largest absolute Gasteiger partial charge is 0.496 e. The summed E-state index contributed by atoms with van der Waals surface area (Å²) in [5, 5.41) is 2.85. The maximum Gasteiger partial charge on any atom is 0.259 e. The first-order valence-corrected chi connectivity index (χ1v) is 12.7. The van der Waals surface area contributed by atoms with Gasteiger partial charge in [0.05, 0.1) is 28.9 Å². The average Bonchev–Trinajstić information content (AvgIpc) is 3.06. The standard InChI is InChI=1S/C24H29N3O5S/c1-32-22-13-12-18(33(30,31)26-14-6-2-3-7-15-26)17-19(22)24(29)25-20-9-4-5-10-21(20)27-16-8-11-23(27)28/h4-5,9-10,12-13,17H,2-3,6-8,11,14-16H2,1H3,(H,25,29). The lowest BCUT2D eigenvalue weighted by Gasteiger charge is -2.21. The van der Waals surface area contributed by atoms with E-state index in [9.17, 15) is 18.0 Å². The maximum absolute atomic E-state index is 13.2. The lowest BCUT2D eigenvalue weighted by molar-refractivity contribution is -0.117. The van der Waals surface area contributed by atoms with E-state index in [1.165, 1.54) is 29.6 Å². The Labute approximate surface area is 194 Å². The number of ether oxygens (including phenoxy) is 1. The van der Waals surface area contributed by atoms with Crippen LogP contribution in [0.5, 0.6) is 5.75 Å². The van der Waals surface area contributed by atoms with Crippen LogP contribution < -0.4 is 15.0 Å². The highest BCUT2D eigenvalue weighted by Crippen LogP contribution is 2.31. The van der Waals surface area contributed by atoms with Gasteiger partial charge in [0.2, 0.25) is 15.9 Å². The van der Waals surface area contributed by atoms with Crippen LogP contribution in [0.2, 0.25) is 0 Å². The lowest BCUT2D eigenvalue weighted by atomic mass is 10.1. The van der Waals surface area contributed by atoms with Crippen LogP contribution in [0.25, 0.3) is 0 Å². The molecule has 2 heterocycles. The second kappa shape index (κ2) is 9.93. The van der Waals surface area contributed by atoms with Crippen molar-refractivity contribution in [3.8, 4) is 5.75 Å². The molecule has 0 aliphatic carbocycles. The fraction of sp³-hybridized carbons (Fsp3) is 0.417. The first-order chi connectivity index (χ1) is 15.9. The van der Waals surface area contributed by atoms with E-state index in [4.69, 9.17) is 4.74 Å². The average molecular weight is 472 g/mol. The third-order valence-corrected chi connectivity index (χ3v) is 8.03. The van der Waals surface area contributed by atoms with Crippen LogP contribution in [-0.4, -0.2) is 51.3 Å². The molecule has 0 spiro atoms. The second-order valence-electron chi connectivity index (χ2n) is 8.30. The summed E-state index contributed by atoms with van der Waals surface area (Å²) in [4.78, 5) is 27.2. The van der Waals surface area contributed by atoms with Gasteiger partial charge >= 0.3 is 0 Å². The molecule has 2 amide bonds. The summed E-state index contributed by atoms with van der Waals surface area (Å²) < 4.78 is 33.3. The highest BCUT2D eigenvalue weighted by atomic mass is 32.2. The van der Waals surface area contributed by atoms with E-state index in [0.717, 1.165) is 32.1 Å². The fourth-order valence-corrected chi connectivity index (χ4v) is 5.91. The van der Waals surface area contributed by atoms with Gasteiger partial charge < -0.3 is 15.0 Å². The first kappa shape index (κ1) is 23.3. The molecule has 2 aromatic rings. The summed E-state index contributed by atoms with van der Waals surface area (Å²) in [6.07, 6.45) is 4.93. The van der Waals surface area contributed by atoms with Gasteiger partial charge in [0.15, 0.2) is 0 Å². The van der Waals surface area contributed by atoms with Crippen LogP contribution in [0, 0.1) is 0 Å². The molecule has 176 valence electrons. The van der Waals surface area contributed by atoms with Crippen LogP contribution in [0.15, 0.2) is 47.4 Å². The third-order valence-electron chi connectivity index (χ3n) is 6.13. The Morgan fingerprint density at radius 3 is 2.36 bits per heavy atom. The molecule has 9 heteroatoms. The number of benzene rings is 2. The molecule has 0 unspecified atom stereocenters. The van der Waals surface area contributed by atoms with Crippen molar-refractivity contribution >= 4 is 33.2 Å². The monoisotopic (exact) mass is 471 g/mol. The molecule has 0 atom stereocenters. The topological polar surface area (TPSA) is 96.0 Å². The Kier molecular flexibility index (Phi) is 6.99. The van der Waals surface area contributed by atoms with Crippen molar-refractivity contribution in [3.63, 3.8) is 0 Å². The predicted molar refractivity (Wildman–Crippen MR) is 126 cm³/mol. The molecule has 2 fully saturated rings. The maximum atomic E-state index is 13.2. The molecule has 0 saturated carbocycles. The molecular formula is C24H29N3O5S. The predicted octanol–water partition coefficient (Wildman–Crippen LogP) is 3.64. The smallest absolute Gasteiger partial charge is 0.259 e. The van der Waals surface area contributed by atoms with E-state index >= 15 is 0 Å². The van der Waals surface area contributed by atoms with Gasteiger partial charge in [0, 0.05) is 26.1 Å². The number of carbonyl (C=O) groups is 2. The minimum atomic E-state index is -3.72. The van der Waals surface area contributed by atoms with Gasteiger partial charge in [-0.2, -0.15) is 4.31 Å².